The minimum absolute atomic E-state index is 0.119. The second kappa shape index (κ2) is 7.39. The predicted octanol–water partition coefficient (Wildman–Crippen LogP) is 1.09. The fourth-order valence-electron chi connectivity index (χ4n) is 1.62. The number of pyridine rings is 1. The predicted molar refractivity (Wildman–Crippen MR) is 77.5 cm³/mol. The molecule has 0 aliphatic carbocycles. The van der Waals surface area contributed by atoms with E-state index in [9.17, 15) is 8.42 Å². The molecule has 110 valence electrons. The standard InChI is InChI=1S/C14H20N2O3S/c1-4-12(2)11-16(3)20(18,19)14-8-13(6-5-7-17)9-15-10-14/h8-10,12,17H,4,7,11H2,1-3H3. The summed E-state index contributed by atoms with van der Waals surface area (Å²) in [6, 6.07) is 1.47. The van der Waals surface area contributed by atoms with Gasteiger partial charge >= 0.3 is 0 Å². The highest BCUT2D eigenvalue weighted by atomic mass is 32.2. The van der Waals surface area contributed by atoms with Crippen molar-refractivity contribution in [3.63, 3.8) is 0 Å². The second-order valence-electron chi connectivity index (χ2n) is 4.67. The summed E-state index contributed by atoms with van der Waals surface area (Å²) in [5, 5.41) is 8.65. The average molecular weight is 296 g/mol. The van der Waals surface area contributed by atoms with Gasteiger partial charge in [-0.2, -0.15) is 0 Å². The fraction of sp³-hybridized carbons (Fsp3) is 0.500. The molecule has 20 heavy (non-hydrogen) atoms. The Morgan fingerprint density at radius 1 is 1.45 bits per heavy atom. The van der Waals surface area contributed by atoms with Crippen molar-refractivity contribution in [3.8, 4) is 11.8 Å². The van der Waals surface area contributed by atoms with E-state index in [1.807, 2.05) is 13.8 Å². The highest BCUT2D eigenvalue weighted by molar-refractivity contribution is 7.89. The smallest absolute Gasteiger partial charge is 0.244 e. The van der Waals surface area contributed by atoms with Crippen LogP contribution in [0.4, 0.5) is 0 Å². The molecular weight excluding hydrogens is 276 g/mol. The molecule has 1 N–H and O–H groups in total. The van der Waals surface area contributed by atoms with Gasteiger partial charge in [-0.05, 0) is 12.0 Å². The number of nitrogens with zero attached hydrogens (tertiary/aromatic N) is 2. The summed E-state index contributed by atoms with van der Waals surface area (Å²) >= 11 is 0. The Hall–Kier alpha value is -1.42. The topological polar surface area (TPSA) is 70.5 Å². The highest BCUT2D eigenvalue weighted by Crippen LogP contribution is 2.16. The van der Waals surface area contributed by atoms with Crippen molar-refractivity contribution in [2.75, 3.05) is 20.2 Å². The summed E-state index contributed by atoms with van der Waals surface area (Å²) in [7, 11) is -1.99. The monoisotopic (exact) mass is 296 g/mol. The van der Waals surface area contributed by atoms with Gasteiger partial charge in [-0.3, -0.25) is 4.98 Å². The Morgan fingerprint density at radius 2 is 2.15 bits per heavy atom. The van der Waals surface area contributed by atoms with Gasteiger partial charge in [-0.15, -0.1) is 0 Å². The van der Waals surface area contributed by atoms with Crippen molar-refractivity contribution in [1.29, 1.82) is 0 Å². The first kappa shape index (κ1) is 16.6. The van der Waals surface area contributed by atoms with Crippen LogP contribution in [0.1, 0.15) is 25.8 Å². The second-order valence-corrected chi connectivity index (χ2v) is 6.71. The van der Waals surface area contributed by atoms with Crippen LogP contribution < -0.4 is 0 Å². The maximum atomic E-state index is 12.4. The van der Waals surface area contributed by atoms with E-state index in [2.05, 4.69) is 16.8 Å². The molecule has 0 aliphatic rings. The largest absolute Gasteiger partial charge is 0.384 e. The normalized spacial score (nSPS) is 12.8. The highest BCUT2D eigenvalue weighted by Gasteiger charge is 2.22. The Labute approximate surface area is 120 Å². The van der Waals surface area contributed by atoms with Crippen molar-refractivity contribution >= 4 is 10.0 Å². The number of rotatable bonds is 5. The van der Waals surface area contributed by atoms with Crippen LogP contribution >= 0.6 is 0 Å². The van der Waals surface area contributed by atoms with E-state index in [0.29, 0.717) is 18.0 Å². The van der Waals surface area contributed by atoms with Gasteiger partial charge in [0.15, 0.2) is 0 Å². The van der Waals surface area contributed by atoms with Crippen LogP contribution in [0.25, 0.3) is 0 Å². The molecule has 1 aromatic heterocycles. The van der Waals surface area contributed by atoms with E-state index in [1.165, 1.54) is 22.8 Å². The number of aliphatic hydroxyl groups excluding tert-OH is 1. The SMILES string of the molecule is CCC(C)CN(C)S(=O)(=O)c1cncc(C#CCO)c1. The molecule has 6 heteroatoms. The van der Waals surface area contributed by atoms with Crippen LogP contribution in [0.3, 0.4) is 0 Å². The Morgan fingerprint density at radius 3 is 2.75 bits per heavy atom. The zero-order valence-corrected chi connectivity index (χ0v) is 12.8. The Kier molecular flexibility index (Phi) is 6.14. The zero-order valence-electron chi connectivity index (χ0n) is 12.0. The van der Waals surface area contributed by atoms with E-state index < -0.39 is 10.0 Å². The first-order chi connectivity index (χ1) is 9.41. The number of hydrogen-bond acceptors (Lipinski definition) is 4. The molecule has 0 aliphatic heterocycles. The van der Waals surface area contributed by atoms with E-state index in [-0.39, 0.29) is 11.5 Å². The van der Waals surface area contributed by atoms with Crippen LogP contribution in [0.2, 0.25) is 0 Å². The molecule has 1 atom stereocenters. The molecule has 0 spiro atoms. The molecule has 1 heterocycles. The van der Waals surface area contributed by atoms with Gasteiger partial charge in [0.05, 0.1) is 0 Å². The van der Waals surface area contributed by atoms with Crippen molar-refractivity contribution < 1.29 is 13.5 Å². The molecule has 0 aromatic carbocycles. The summed E-state index contributed by atoms with van der Waals surface area (Å²) in [5.41, 5.74) is 0.470. The lowest BCUT2D eigenvalue weighted by Crippen LogP contribution is -2.31. The molecule has 0 saturated carbocycles. The summed E-state index contributed by atoms with van der Waals surface area (Å²) in [6.07, 6.45) is 3.70. The third kappa shape index (κ3) is 4.30. The molecule has 0 amide bonds. The van der Waals surface area contributed by atoms with E-state index in [1.54, 1.807) is 7.05 Å². The Bertz CT molecular complexity index is 602. The molecule has 1 unspecified atom stereocenters. The minimum atomic E-state index is -3.55. The van der Waals surface area contributed by atoms with Crippen LogP contribution in [0, 0.1) is 17.8 Å². The maximum Gasteiger partial charge on any atom is 0.244 e. The molecular formula is C14H20N2O3S. The van der Waals surface area contributed by atoms with Crippen LogP contribution in [0.15, 0.2) is 23.4 Å². The van der Waals surface area contributed by atoms with Crippen molar-refractivity contribution in [2.24, 2.45) is 5.92 Å². The Balaban J connectivity index is 3.03. The lowest BCUT2D eigenvalue weighted by atomic mass is 10.1. The summed E-state index contributed by atoms with van der Waals surface area (Å²) < 4.78 is 26.1. The third-order valence-electron chi connectivity index (χ3n) is 3.00. The average Bonchev–Trinajstić information content (AvgIpc) is 2.45. The molecule has 0 radical (unpaired) electrons. The van der Waals surface area contributed by atoms with Crippen molar-refractivity contribution in [1.82, 2.24) is 9.29 Å². The summed E-state index contributed by atoms with van der Waals surface area (Å²) in [4.78, 5) is 4.01. The molecule has 0 fully saturated rings. The van der Waals surface area contributed by atoms with Gasteiger partial charge in [-0.25, -0.2) is 12.7 Å². The van der Waals surface area contributed by atoms with Gasteiger partial charge in [0.25, 0.3) is 0 Å². The van der Waals surface area contributed by atoms with Gasteiger partial charge in [0.1, 0.15) is 11.5 Å². The first-order valence-corrected chi connectivity index (χ1v) is 7.87. The molecule has 0 bridgehead atoms. The molecule has 5 nitrogen and oxygen atoms in total. The molecule has 1 aromatic rings. The van der Waals surface area contributed by atoms with Crippen LogP contribution in [-0.2, 0) is 10.0 Å². The summed E-state index contributed by atoms with van der Waals surface area (Å²) in [6.45, 7) is 4.22. The lowest BCUT2D eigenvalue weighted by molar-refractivity contribution is 0.350. The minimum Gasteiger partial charge on any atom is -0.384 e. The lowest BCUT2D eigenvalue weighted by Gasteiger charge is -2.20. The van der Waals surface area contributed by atoms with Crippen LogP contribution in [0.5, 0.6) is 0 Å². The van der Waals surface area contributed by atoms with E-state index in [0.717, 1.165) is 6.42 Å². The zero-order chi connectivity index (χ0) is 15.2. The quantitative estimate of drug-likeness (QED) is 0.826. The maximum absolute atomic E-state index is 12.4. The number of aliphatic hydroxyl groups is 1. The third-order valence-corrected chi connectivity index (χ3v) is 4.79. The van der Waals surface area contributed by atoms with E-state index in [4.69, 9.17) is 5.11 Å². The van der Waals surface area contributed by atoms with Crippen LogP contribution in [-0.4, -0.2) is 43.0 Å². The molecule has 0 saturated heterocycles. The number of hydrogen-bond donors (Lipinski definition) is 1. The van der Waals surface area contributed by atoms with Gasteiger partial charge in [0.2, 0.25) is 10.0 Å². The number of sulfonamides is 1. The first-order valence-electron chi connectivity index (χ1n) is 6.43. The van der Waals surface area contributed by atoms with Gasteiger partial charge in [-0.1, -0.05) is 32.1 Å². The fourth-order valence-corrected chi connectivity index (χ4v) is 2.90. The van der Waals surface area contributed by atoms with Gasteiger partial charge < -0.3 is 5.11 Å². The number of aromatic nitrogens is 1. The van der Waals surface area contributed by atoms with E-state index >= 15 is 0 Å². The summed E-state index contributed by atoms with van der Waals surface area (Å²) in [5.74, 6) is 5.41. The van der Waals surface area contributed by atoms with Gasteiger partial charge in [0, 0.05) is 31.5 Å². The van der Waals surface area contributed by atoms with Crippen molar-refractivity contribution in [2.45, 2.75) is 25.2 Å². The van der Waals surface area contributed by atoms with Crippen molar-refractivity contribution in [3.05, 3.63) is 24.0 Å². The molecule has 1 rings (SSSR count).